The van der Waals surface area contributed by atoms with Crippen LogP contribution in [-0.2, 0) is 22.6 Å². The lowest BCUT2D eigenvalue weighted by molar-refractivity contribution is -0.120. The lowest BCUT2D eigenvalue weighted by atomic mass is 10.0. The number of nitrogens with zero attached hydrogens (tertiary/aromatic N) is 2. The van der Waals surface area contributed by atoms with Crippen molar-refractivity contribution in [3.63, 3.8) is 0 Å². The van der Waals surface area contributed by atoms with Crippen LogP contribution < -0.4 is 4.90 Å². The third-order valence-electron chi connectivity index (χ3n) is 5.71. The van der Waals surface area contributed by atoms with Gasteiger partial charge in [0, 0.05) is 18.1 Å². The molecule has 1 aliphatic rings. The van der Waals surface area contributed by atoms with Gasteiger partial charge in [0.1, 0.15) is 5.70 Å². The van der Waals surface area contributed by atoms with E-state index in [0.717, 1.165) is 17.5 Å². The number of aryl methyl sites for hydroxylation is 1. The van der Waals surface area contributed by atoms with Crippen LogP contribution in [0.15, 0.2) is 84.6 Å². The van der Waals surface area contributed by atoms with Crippen LogP contribution in [-0.4, -0.2) is 23.3 Å². The van der Waals surface area contributed by atoms with Gasteiger partial charge in [0.25, 0.3) is 11.8 Å². The number of rotatable bonds is 7. The van der Waals surface area contributed by atoms with Crippen molar-refractivity contribution in [3.8, 4) is 0 Å². The second kappa shape index (κ2) is 9.41. The fourth-order valence-electron chi connectivity index (χ4n) is 3.96. The minimum Gasteiger partial charge on any atom is -0.362 e. The van der Waals surface area contributed by atoms with E-state index < -0.39 is 0 Å². The Hall–Kier alpha value is -3.37. The summed E-state index contributed by atoms with van der Waals surface area (Å²) in [5.41, 5.74) is 4.31. The van der Waals surface area contributed by atoms with Crippen LogP contribution in [0.3, 0.4) is 0 Å². The van der Waals surface area contributed by atoms with E-state index >= 15 is 0 Å². The molecule has 32 heavy (non-hydrogen) atoms. The van der Waals surface area contributed by atoms with Gasteiger partial charge in [-0.3, -0.25) is 9.59 Å². The summed E-state index contributed by atoms with van der Waals surface area (Å²) < 4.78 is 0. The van der Waals surface area contributed by atoms with Gasteiger partial charge in [0.05, 0.1) is 11.3 Å². The molecule has 3 aromatic rings. The maximum absolute atomic E-state index is 13.7. The number of benzene rings is 3. The molecule has 0 radical (unpaired) electrons. The zero-order valence-corrected chi connectivity index (χ0v) is 19.0. The van der Waals surface area contributed by atoms with Gasteiger partial charge in [-0.15, -0.1) is 0 Å². The molecule has 0 atom stereocenters. The first-order chi connectivity index (χ1) is 15.5. The number of carbonyl (C=O) groups is 2. The highest BCUT2D eigenvalue weighted by molar-refractivity contribution is 6.45. The summed E-state index contributed by atoms with van der Waals surface area (Å²) in [5.74, 6) is -0.620. The molecule has 3 aromatic carbocycles. The Morgan fingerprint density at radius 3 is 2.03 bits per heavy atom. The molecule has 0 aliphatic carbocycles. The molecule has 1 aliphatic heterocycles. The molecule has 1 heterocycles. The molecule has 0 fully saturated rings. The minimum atomic E-state index is -0.317. The third kappa shape index (κ3) is 4.19. The smallest absolute Gasteiger partial charge is 0.282 e. The van der Waals surface area contributed by atoms with Gasteiger partial charge in [-0.2, -0.15) is 0 Å². The molecule has 5 heteroatoms. The van der Waals surface area contributed by atoms with Crippen molar-refractivity contribution in [2.45, 2.75) is 26.8 Å². The SMILES string of the molecule is CCc1ccc(N2C(=O)C(c3ccc(Cl)cc3)=C(N(CC)Cc3ccccc3)C2=O)cc1. The molecule has 4 rings (SSSR count). The summed E-state index contributed by atoms with van der Waals surface area (Å²) in [6.45, 7) is 5.18. The molecule has 0 saturated heterocycles. The highest BCUT2D eigenvalue weighted by Gasteiger charge is 2.42. The standard InChI is InChI=1S/C27H25ClN2O2/c1-3-19-10-16-23(17-11-19)30-26(31)24(21-12-14-22(28)15-13-21)25(27(30)32)29(4-2)18-20-8-6-5-7-9-20/h5-17H,3-4,18H2,1-2H3. The quantitative estimate of drug-likeness (QED) is 0.438. The molecule has 0 aromatic heterocycles. The molecule has 0 N–H and O–H groups in total. The largest absolute Gasteiger partial charge is 0.362 e. The molecule has 0 unspecified atom stereocenters. The summed E-state index contributed by atoms with van der Waals surface area (Å²) in [7, 11) is 0. The van der Waals surface area contributed by atoms with E-state index in [1.807, 2.05) is 66.4 Å². The van der Waals surface area contributed by atoms with Gasteiger partial charge >= 0.3 is 0 Å². The van der Waals surface area contributed by atoms with E-state index in [1.165, 1.54) is 4.90 Å². The number of imide groups is 1. The number of amides is 2. The van der Waals surface area contributed by atoms with Gasteiger partial charge in [0.15, 0.2) is 0 Å². The number of carbonyl (C=O) groups excluding carboxylic acids is 2. The highest BCUT2D eigenvalue weighted by atomic mass is 35.5. The summed E-state index contributed by atoms with van der Waals surface area (Å²) in [4.78, 5) is 30.6. The topological polar surface area (TPSA) is 40.6 Å². The molecule has 162 valence electrons. The monoisotopic (exact) mass is 444 g/mol. The summed E-state index contributed by atoms with van der Waals surface area (Å²) in [6, 6.07) is 24.6. The summed E-state index contributed by atoms with van der Waals surface area (Å²) in [5, 5.41) is 0.580. The first kappa shape index (κ1) is 21.8. The normalized spacial score (nSPS) is 13.8. The second-order valence-electron chi connectivity index (χ2n) is 7.70. The van der Waals surface area contributed by atoms with E-state index in [-0.39, 0.29) is 11.8 Å². The molecule has 2 amide bonds. The van der Waals surface area contributed by atoms with Crippen molar-refractivity contribution < 1.29 is 9.59 Å². The van der Waals surface area contributed by atoms with E-state index in [9.17, 15) is 9.59 Å². The highest BCUT2D eigenvalue weighted by Crippen LogP contribution is 2.35. The van der Waals surface area contributed by atoms with Gasteiger partial charge < -0.3 is 4.90 Å². The Balaban J connectivity index is 1.80. The van der Waals surface area contributed by atoms with Crippen LogP contribution in [0.25, 0.3) is 5.57 Å². The average Bonchev–Trinajstić information content (AvgIpc) is 3.08. The average molecular weight is 445 g/mol. The maximum atomic E-state index is 13.7. The van der Waals surface area contributed by atoms with Crippen molar-refractivity contribution in [1.82, 2.24) is 4.90 Å². The van der Waals surface area contributed by atoms with Crippen molar-refractivity contribution in [2.24, 2.45) is 0 Å². The van der Waals surface area contributed by atoms with Crippen LogP contribution in [0.1, 0.15) is 30.5 Å². The molecule has 0 saturated carbocycles. The Kier molecular flexibility index (Phi) is 6.42. The van der Waals surface area contributed by atoms with E-state index in [4.69, 9.17) is 11.6 Å². The fourth-order valence-corrected chi connectivity index (χ4v) is 4.08. The van der Waals surface area contributed by atoms with Crippen molar-refractivity contribution in [1.29, 1.82) is 0 Å². The van der Waals surface area contributed by atoms with Crippen molar-refractivity contribution in [2.75, 3.05) is 11.4 Å². The fraction of sp³-hybridized carbons (Fsp3) is 0.185. The summed E-state index contributed by atoms with van der Waals surface area (Å²) in [6.07, 6.45) is 0.891. The van der Waals surface area contributed by atoms with Gasteiger partial charge in [-0.1, -0.05) is 73.1 Å². The van der Waals surface area contributed by atoms with E-state index in [2.05, 4.69) is 6.92 Å². The number of likely N-dealkylation sites (N-methyl/N-ethyl adjacent to an activating group) is 1. The van der Waals surface area contributed by atoms with Crippen LogP contribution >= 0.6 is 11.6 Å². The maximum Gasteiger partial charge on any atom is 0.282 e. The molecular formula is C27H25ClN2O2. The van der Waals surface area contributed by atoms with Gasteiger partial charge in [0.2, 0.25) is 0 Å². The Bertz CT molecular complexity index is 1150. The predicted octanol–water partition coefficient (Wildman–Crippen LogP) is 5.71. The minimum absolute atomic E-state index is 0.304. The second-order valence-corrected chi connectivity index (χ2v) is 8.13. The van der Waals surface area contributed by atoms with Crippen LogP contribution in [0.4, 0.5) is 5.69 Å². The molecule has 0 spiro atoms. The number of hydrogen-bond acceptors (Lipinski definition) is 3. The van der Waals surface area contributed by atoms with Crippen LogP contribution in [0.5, 0.6) is 0 Å². The number of anilines is 1. The Labute approximate surface area is 193 Å². The van der Waals surface area contributed by atoms with E-state index in [1.54, 1.807) is 24.3 Å². The first-order valence-corrected chi connectivity index (χ1v) is 11.2. The Morgan fingerprint density at radius 2 is 1.44 bits per heavy atom. The van der Waals surface area contributed by atoms with Gasteiger partial charge in [-0.25, -0.2) is 4.90 Å². The first-order valence-electron chi connectivity index (χ1n) is 10.8. The van der Waals surface area contributed by atoms with Crippen LogP contribution in [0.2, 0.25) is 5.02 Å². The third-order valence-corrected chi connectivity index (χ3v) is 5.96. The number of halogens is 1. The molecular weight excluding hydrogens is 420 g/mol. The van der Waals surface area contributed by atoms with Gasteiger partial charge in [-0.05, 0) is 54.3 Å². The Morgan fingerprint density at radius 1 is 0.781 bits per heavy atom. The van der Waals surface area contributed by atoms with E-state index in [0.29, 0.717) is 40.6 Å². The zero-order valence-electron chi connectivity index (χ0n) is 18.2. The van der Waals surface area contributed by atoms with Crippen molar-refractivity contribution >= 4 is 34.7 Å². The zero-order chi connectivity index (χ0) is 22.7. The molecule has 0 bridgehead atoms. The lowest BCUT2D eigenvalue weighted by Gasteiger charge is -2.25. The number of hydrogen-bond donors (Lipinski definition) is 0. The predicted molar refractivity (Wildman–Crippen MR) is 129 cm³/mol. The molecule has 4 nitrogen and oxygen atoms in total. The summed E-state index contributed by atoms with van der Waals surface area (Å²) >= 11 is 6.08. The van der Waals surface area contributed by atoms with Crippen molar-refractivity contribution in [3.05, 3.63) is 106 Å². The lowest BCUT2D eigenvalue weighted by Crippen LogP contribution is -2.35. The van der Waals surface area contributed by atoms with Crippen LogP contribution in [0, 0.1) is 0 Å².